The molecule has 1 aliphatic rings. The van der Waals surface area contributed by atoms with E-state index >= 15 is 0 Å². The second-order valence-electron chi connectivity index (χ2n) is 6.66. The lowest BCUT2D eigenvalue weighted by molar-refractivity contribution is -0.148. The van der Waals surface area contributed by atoms with Gasteiger partial charge >= 0.3 is 6.18 Å². The fourth-order valence-electron chi connectivity index (χ4n) is 3.19. The maximum Gasteiger partial charge on any atom is 0.449 e. The van der Waals surface area contributed by atoms with Crippen molar-refractivity contribution in [3.05, 3.63) is 51.8 Å². The third kappa shape index (κ3) is 4.50. The van der Waals surface area contributed by atoms with Gasteiger partial charge in [0.25, 0.3) is 0 Å². The van der Waals surface area contributed by atoms with Crippen LogP contribution in [0.3, 0.4) is 0 Å². The molecule has 1 aromatic carbocycles. The smallest absolute Gasteiger partial charge is 0.335 e. The van der Waals surface area contributed by atoms with Crippen LogP contribution in [0.25, 0.3) is 0 Å². The van der Waals surface area contributed by atoms with Crippen molar-refractivity contribution in [3.8, 4) is 0 Å². The number of rotatable bonds is 4. The Bertz CT molecular complexity index is 945. The van der Waals surface area contributed by atoms with Gasteiger partial charge in [-0.25, -0.2) is 18.2 Å². The number of nitrogens with two attached hydrogens (primary N) is 1. The average molecular weight is 441 g/mol. The highest BCUT2D eigenvalue weighted by molar-refractivity contribution is 6.30. The number of halogens is 7. The monoisotopic (exact) mass is 440 g/mol. The number of fused-ring (bicyclic) bond motifs is 1. The highest BCUT2D eigenvalue weighted by Crippen LogP contribution is 2.34. The van der Waals surface area contributed by atoms with Gasteiger partial charge in [-0.15, -0.1) is 0 Å². The number of aromatic nitrogens is 2. The molecule has 0 aliphatic carbocycles. The second-order valence-corrected chi connectivity index (χ2v) is 7.02. The van der Waals surface area contributed by atoms with Gasteiger partial charge in [0.1, 0.15) is 5.82 Å². The third-order valence-electron chi connectivity index (χ3n) is 4.57. The molecule has 0 bridgehead atoms. The first-order valence-electron chi connectivity index (χ1n) is 8.46. The van der Waals surface area contributed by atoms with E-state index in [1.54, 1.807) is 0 Å². The Morgan fingerprint density at radius 2 is 1.83 bits per heavy atom. The standard InChI is InChI=1S/C17H15ClF6N4O/c18-15-13-7-27(1-2-28(13)16(26-15)17(22,23)24)14(29)5-9(25)3-8-4-11(20)12(21)6-10(8)19/h4,6,9H,1-3,5,7,25H2. The number of carbonyl (C=O) groups is 1. The fourth-order valence-corrected chi connectivity index (χ4v) is 3.43. The number of amides is 1. The number of benzene rings is 1. The molecule has 158 valence electrons. The molecule has 3 rings (SSSR count). The Kier molecular flexibility index (Phi) is 5.81. The van der Waals surface area contributed by atoms with E-state index in [0.29, 0.717) is 12.1 Å². The summed E-state index contributed by atoms with van der Waals surface area (Å²) in [6.45, 7) is -0.358. The molecular formula is C17H15ClF6N4O. The number of hydrogen-bond acceptors (Lipinski definition) is 3. The molecule has 2 heterocycles. The molecule has 0 radical (unpaired) electrons. The number of carbonyl (C=O) groups excluding carboxylic acids is 1. The Hall–Kier alpha value is -2.27. The largest absolute Gasteiger partial charge is 0.449 e. The minimum absolute atomic E-state index is 0.0200. The van der Waals surface area contributed by atoms with Gasteiger partial charge in [0.2, 0.25) is 11.7 Å². The van der Waals surface area contributed by atoms with E-state index in [2.05, 4.69) is 4.98 Å². The molecule has 1 aliphatic heterocycles. The quantitative estimate of drug-likeness (QED) is 0.586. The summed E-state index contributed by atoms with van der Waals surface area (Å²) >= 11 is 5.79. The van der Waals surface area contributed by atoms with Crippen LogP contribution in [0.1, 0.15) is 23.5 Å². The van der Waals surface area contributed by atoms with Crippen LogP contribution in [-0.4, -0.2) is 32.9 Å². The first-order valence-corrected chi connectivity index (χ1v) is 8.84. The van der Waals surface area contributed by atoms with Crippen molar-refractivity contribution in [2.24, 2.45) is 5.73 Å². The zero-order chi connectivity index (χ0) is 21.5. The van der Waals surface area contributed by atoms with E-state index in [1.165, 1.54) is 4.90 Å². The van der Waals surface area contributed by atoms with E-state index in [4.69, 9.17) is 17.3 Å². The van der Waals surface area contributed by atoms with Crippen molar-refractivity contribution in [3.63, 3.8) is 0 Å². The Morgan fingerprint density at radius 1 is 1.17 bits per heavy atom. The zero-order valence-electron chi connectivity index (χ0n) is 14.7. The third-order valence-corrected chi connectivity index (χ3v) is 4.87. The average Bonchev–Trinajstić information content (AvgIpc) is 2.96. The maximum atomic E-state index is 13.7. The van der Waals surface area contributed by atoms with Crippen molar-refractivity contribution >= 4 is 17.5 Å². The lowest BCUT2D eigenvalue weighted by Gasteiger charge is -2.30. The lowest BCUT2D eigenvalue weighted by Crippen LogP contribution is -2.41. The number of imidazole rings is 1. The molecule has 12 heteroatoms. The molecule has 5 nitrogen and oxygen atoms in total. The van der Waals surface area contributed by atoms with E-state index in [9.17, 15) is 31.1 Å². The van der Waals surface area contributed by atoms with Crippen molar-refractivity contribution in [1.82, 2.24) is 14.5 Å². The normalized spacial score (nSPS) is 15.4. The van der Waals surface area contributed by atoms with Crippen molar-refractivity contribution in [1.29, 1.82) is 0 Å². The van der Waals surface area contributed by atoms with Crippen LogP contribution in [0.5, 0.6) is 0 Å². The maximum absolute atomic E-state index is 13.7. The Labute approximate surface area is 166 Å². The summed E-state index contributed by atoms with van der Waals surface area (Å²) in [7, 11) is 0. The van der Waals surface area contributed by atoms with Crippen molar-refractivity contribution < 1.29 is 31.1 Å². The Balaban J connectivity index is 1.67. The first-order chi connectivity index (χ1) is 13.5. The minimum Gasteiger partial charge on any atom is -0.335 e. The predicted molar refractivity (Wildman–Crippen MR) is 90.3 cm³/mol. The van der Waals surface area contributed by atoms with Gasteiger partial charge < -0.3 is 15.2 Å². The van der Waals surface area contributed by atoms with Gasteiger partial charge in [-0.05, 0) is 18.1 Å². The first kappa shape index (κ1) is 21.4. The summed E-state index contributed by atoms with van der Waals surface area (Å²) in [6, 6.07) is 0.160. The molecule has 1 aromatic heterocycles. The zero-order valence-corrected chi connectivity index (χ0v) is 15.5. The fraction of sp³-hybridized carbons (Fsp3) is 0.412. The van der Waals surface area contributed by atoms with Crippen LogP contribution in [0.2, 0.25) is 5.15 Å². The van der Waals surface area contributed by atoms with Crippen LogP contribution < -0.4 is 5.73 Å². The second kappa shape index (κ2) is 7.86. The summed E-state index contributed by atoms with van der Waals surface area (Å²) in [4.78, 5) is 17.1. The lowest BCUT2D eigenvalue weighted by atomic mass is 10.0. The molecule has 0 fully saturated rings. The Morgan fingerprint density at radius 3 is 2.48 bits per heavy atom. The summed E-state index contributed by atoms with van der Waals surface area (Å²) in [5.41, 5.74) is 5.71. The van der Waals surface area contributed by atoms with Gasteiger partial charge in [-0.1, -0.05) is 11.6 Å². The predicted octanol–water partition coefficient (Wildman–Crippen LogP) is 3.27. The molecule has 0 saturated carbocycles. The molecule has 1 amide bonds. The summed E-state index contributed by atoms with van der Waals surface area (Å²) in [5.74, 6) is -5.18. The molecule has 1 atom stereocenters. The highest BCUT2D eigenvalue weighted by atomic mass is 35.5. The van der Waals surface area contributed by atoms with Crippen molar-refractivity contribution in [2.75, 3.05) is 6.54 Å². The van der Waals surface area contributed by atoms with Crippen LogP contribution in [0, 0.1) is 17.5 Å². The number of nitrogens with zero attached hydrogens (tertiary/aromatic N) is 3. The number of hydrogen-bond donors (Lipinski definition) is 1. The van der Waals surface area contributed by atoms with E-state index in [1.807, 2.05) is 0 Å². The summed E-state index contributed by atoms with van der Waals surface area (Å²) in [5, 5.41) is -0.344. The summed E-state index contributed by atoms with van der Waals surface area (Å²) < 4.78 is 79.9. The van der Waals surface area contributed by atoms with E-state index in [0.717, 1.165) is 4.57 Å². The van der Waals surface area contributed by atoms with Gasteiger partial charge in [0.05, 0.1) is 12.2 Å². The van der Waals surface area contributed by atoms with E-state index < -0.39 is 41.4 Å². The van der Waals surface area contributed by atoms with Crippen LogP contribution >= 0.6 is 11.6 Å². The van der Waals surface area contributed by atoms with E-state index in [-0.39, 0.29) is 48.9 Å². The van der Waals surface area contributed by atoms with Gasteiger partial charge in [-0.2, -0.15) is 13.2 Å². The highest BCUT2D eigenvalue weighted by Gasteiger charge is 2.40. The van der Waals surface area contributed by atoms with Gasteiger partial charge in [-0.3, -0.25) is 4.79 Å². The molecular weight excluding hydrogens is 426 g/mol. The molecule has 2 aromatic rings. The molecule has 0 spiro atoms. The molecule has 1 unspecified atom stereocenters. The van der Waals surface area contributed by atoms with Crippen LogP contribution in [0.15, 0.2) is 12.1 Å². The van der Waals surface area contributed by atoms with Crippen LogP contribution in [0.4, 0.5) is 26.3 Å². The molecule has 29 heavy (non-hydrogen) atoms. The molecule has 2 N–H and O–H groups in total. The number of alkyl halides is 3. The SMILES string of the molecule is NC(CC(=O)N1CCn2c(C(F)(F)F)nc(Cl)c2C1)Cc1cc(F)c(F)cc1F. The molecule has 0 saturated heterocycles. The van der Waals surface area contributed by atoms with Crippen LogP contribution in [-0.2, 0) is 30.5 Å². The van der Waals surface area contributed by atoms with Crippen molar-refractivity contribution in [2.45, 2.75) is 38.1 Å². The summed E-state index contributed by atoms with van der Waals surface area (Å²) in [6.07, 6.45) is -5.17. The van der Waals surface area contributed by atoms with Gasteiger partial charge in [0.15, 0.2) is 16.8 Å². The topological polar surface area (TPSA) is 64.2 Å². The van der Waals surface area contributed by atoms with Gasteiger partial charge in [0, 0.05) is 31.6 Å². The minimum atomic E-state index is -4.68.